The van der Waals surface area contributed by atoms with Gasteiger partial charge in [-0.25, -0.2) is 4.98 Å². The summed E-state index contributed by atoms with van der Waals surface area (Å²) in [5.41, 5.74) is 6.47. The highest BCUT2D eigenvalue weighted by molar-refractivity contribution is 7.09. The molecule has 1 fully saturated rings. The second kappa shape index (κ2) is 5.45. The van der Waals surface area contributed by atoms with E-state index in [1.54, 1.807) is 11.3 Å². The van der Waals surface area contributed by atoms with Gasteiger partial charge in [0.25, 0.3) is 0 Å². The number of nitrogens with zero attached hydrogens (tertiary/aromatic N) is 1. The van der Waals surface area contributed by atoms with E-state index < -0.39 is 0 Å². The van der Waals surface area contributed by atoms with Crippen LogP contribution in [0, 0.1) is 5.92 Å². The summed E-state index contributed by atoms with van der Waals surface area (Å²) in [7, 11) is 0. The third-order valence-corrected chi connectivity index (χ3v) is 5.18. The molecule has 0 aromatic carbocycles. The van der Waals surface area contributed by atoms with Crippen LogP contribution in [0.4, 0.5) is 0 Å². The van der Waals surface area contributed by atoms with E-state index in [4.69, 9.17) is 5.73 Å². The van der Waals surface area contributed by atoms with Crippen LogP contribution >= 0.6 is 11.3 Å². The largest absolute Gasteiger partial charge is 0.349 e. The minimum absolute atomic E-state index is 0.0237. The van der Waals surface area contributed by atoms with Gasteiger partial charge in [-0.3, -0.25) is 4.79 Å². The van der Waals surface area contributed by atoms with E-state index in [-0.39, 0.29) is 16.9 Å². The van der Waals surface area contributed by atoms with E-state index in [0.29, 0.717) is 18.9 Å². The standard InChI is InChI=1S/C15H25N3OS/c1-14(2,3)13-17-11(8-20-13)7-12(19)18-15(4,9-16)10-5-6-10/h8,10H,5-7,9,16H2,1-4H3,(H,18,19). The average Bonchev–Trinajstić information content (AvgIpc) is 3.09. The molecule has 112 valence electrons. The fraction of sp³-hybridized carbons (Fsp3) is 0.733. The molecule has 0 spiro atoms. The van der Waals surface area contributed by atoms with Gasteiger partial charge >= 0.3 is 0 Å². The number of hydrogen-bond acceptors (Lipinski definition) is 4. The van der Waals surface area contributed by atoms with Gasteiger partial charge in [-0.05, 0) is 25.7 Å². The van der Waals surface area contributed by atoms with Crippen molar-refractivity contribution in [2.24, 2.45) is 11.7 Å². The monoisotopic (exact) mass is 295 g/mol. The lowest BCUT2D eigenvalue weighted by molar-refractivity contribution is -0.122. The molecule has 3 N–H and O–H groups in total. The molecule has 1 heterocycles. The molecule has 1 aliphatic carbocycles. The molecule has 2 rings (SSSR count). The number of carbonyl (C=O) groups is 1. The maximum Gasteiger partial charge on any atom is 0.226 e. The Kier molecular flexibility index (Phi) is 4.21. The number of carbonyl (C=O) groups excluding carboxylic acids is 1. The first-order valence-corrected chi connectivity index (χ1v) is 8.08. The first kappa shape index (κ1) is 15.4. The highest BCUT2D eigenvalue weighted by Gasteiger charge is 2.41. The van der Waals surface area contributed by atoms with Crippen LogP contribution in [-0.2, 0) is 16.6 Å². The molecule has 1 saturated carbocycles. The van der Waals surface area contributed by atoms with Gasteiger partial charge in [0.05, 0.1) is 22.7 Å². The summed E-state index contributed by atoms with van der Waals surface area (Å²) in [4.78, 5) is 16.7. The molecular weight excluding hydrogens is 270 g/mol. The first-order valence-electron chi connectivity index (χ1n) is 7.20. The van der Waals surface area contributed by atoms with Crippen molar-refractivity contribution in [3.05, 3.63) is 16.1 Å². The minimum Gasteiger partial charge on any atom is -0.349 e. The van der Waals surface area contributed by atoms with E-state index in [9.17, 15) is 4.79 Å². The molecule has 5 heteroatoms. The Morgan fingerprint density at radius 1 is 1.45 bits per heavy atom. The van der Waals surface area contributed by atoms with Crippen molar-refractivity contribution in [2.45, 2.75) is 57.9 Å². The van der Waals surface area contributed by atoms with Gasteiger partial charge in [-0.1, -0.05) is 20.8 Å². The second-order valence-corrected chi connectivity index (χ2v) is 7.87. The third kappa shape index (κ3) is 3.58. The quantitative estimate of drug-likeness (QED) is 0.875. The lowest BCUT2D eigenvalue weighted by Crippen LogP contribution is -2.53. The molecule has 20 heavy (non-hydrogen) atoms. The van der Waals surface area contributed by atoms with E-state index in [0.717, 1.165) is 10.7 Å². The number of nitrogens with one attached hydrogen (secondary N) is 1. The highest BCUT2D eigenvalue weighted by Crippen LogP contribution is 2.39. The maximum atomic E-state index is 12.2. The van der Waals surface area contributed by atoms with Crippen molar-refractivity contribution in [2.75, 3.05) is 6.54 Å². The predicted molar refractivity (Wildman–Crippen MR) is 82.8 cm³/mol. The Morgan fingerprint density at radius 2 is 2.10 bits per heavy atom. The predicted octanol–water partition coefficient (Wildman–Crippen LogP) is 2.23. The van der Waals surface area contributed by atoms with Crippen molar-refractivity contribution in [3.8, 4) is 0 Å². The average molecular weight is 295 g/mol. The third-order valence-electron chi connectivity index (χ3n) is 3.86. The summed E-state index contributed by atoms with van der Waals surface area (Å²) >= 11 is 1.63. The van der Waals surface area contributed by atoms with Gasteiger partial charge in [0, 0.05) is 17.3 Å². The van der Waals surface area contributed by atoms with Crippen LogP contribution < -0.4 is 11.1 Å². The molecule has 0 bridgehead atoms. The zero-order valence-corrected chi connectivity index (χ0v) is 13.6. The van der Waals surface area contributed by atoms with E-state index in [1.807, 2.05) is 12.3 Å². The number of hydrogen-bond donors (Lipinski definition) is 2. The van der Waals surface area contributed by atoms with Gasteiger partial charge in [0.1, 0.15) is 0 Å². The summed E-state index contributed by atoms with van der Waals surface area (Å²) < 4.78 is 0. The molecular formula is C15H25N3OS. The molecule has 1 aromatic rings. The number of thiazole rings is 1. The van der Waals surface area contributed by atoms with Crippen LogP contribution in [0.5, 0.6) is 0 Å². The Labute approximate surface area is 125 Å². The molecule has 0 saturated heterocycles. The Hall–Kier alpha value is -0.940. The molecule has 1 unspecified atom stereocenters. The molecule has 0 aliphatic heterocycles. The van der Waals surface area contributed by atoms with Crippen molar-refractivity contribution in [3.63, 3.8) is 0 Å². The van der Waals surface area contributed by atoms with Crippen LogP contribution in [0.15, 0.2) is 5.38 Å². The summed E-state index contributed by atoms with van der Waals surface area (Å²) in [5, 5.41) is 6.16. The summed E-state index contributed by atoms with van der Waals surface area (Å²) in [6.07, 6.45) is 2.67. The zero-order valence-electron chi connectivity index (χ0n) is 12.8. The Bertz CT molecular complexity index is 488. The van der Waals surface area contributed by atoms with Crippen molar-refractivity contribution in [1.82, 2.24) is 10.3 Å². The number of rotatable bonds is 5. The van der Waals surface area contributed by atoms with Gasteiger partial charge in [0.15, 0.2) is 0 Å². The van der Waals surface area contributed by atoms with Gasteiger partial charge in [-0.2, -0.15) is 0 Å². The first-order chi connectivity index (χ1) is 9.24. The normalized spacial score (nSPS) is 18.6. The lowest BCUT2D eigenvalue weighted by Gasteiger charge is -2.29. The maximum absolute atomic E-state index is 12.2. The number of amides is 1. The van der Waals surface area contributed by atoms with Crippen LogP contribution in [0.3, 0.4) is 0 Å². The van der Waals surface area contributed by atoms with Crippen LogP contribution in [0.25, 0.3) is 0 Å². The Morgan fingerprint density at radius 3 is 2.55 bits per heavy atom. The molecule has 1 amide bonds. The topological polar surface area (TPSA) is 68.0 Å². The molecule has 1 aliphatic rings. The second-order valence-electron chi connectivity index (χ2n) is 7.01. The van der Waals surface area contributed by atoms with Crippen molar-refractivity contribution < 1.29 is 4.79 Å². The SMILES string of the molecule is CC(C)(C)c1nc(CC(=O)NC(C)(CN)C2CC2)cs1. The van der Waals surface area contributed by atoms with E-state index in [1.165, 1.54) is 12.8 Å². The Balaban J connectivity index is 1.96. The van der Waals surface area contributed by atoms with Crippen LogP contribution in [0.1, 0.15) is 51.2 Å². The van der Waals surface area contributed by atoms with Crippen molar-refractivity contribution in [1.29, 1.82) is 0 Å². The summed E-state index contributed by atoms with van der Waals surface area (Å²) in [6, 6.07) is 0. The van der Waals surface area contributed by atoms with Gasteiger partial charge in [-0.15, -0.1) is 11.3 Å². The van der Waals surface area contributed by atoms with E-state index >= 15 is 0 Å². The molecule has 1 atom stereocenters. The van der Waals surface area contributed by atoms with Crippen LogP contribution in [0.2, 0.25) is 0 Å². The van der Waals surface area contributed by atoms with Crippen LogP contribution in [-0.4, -0.2) is 23.0 Å². The van der Waals surface area contributed by atoms with Gasteiger partial charge < -0.3 is 11.1 Å². The van der Waals surface area contributed by atoms with Crippen molar-refractivity contribution >= 4 is 17.2 Å². The minimum atomic E-state index is -0.250. The summed E-state index contributed by atoms with van der Waals surface area (Å²) in [6.45, 7) is 8.94. The smallest absolute Gasteiger partial charge is 0.226 e. The zero-order chi connectivity index (χ0) is 15.0. The highest BCUT2D eigenvalue weighted by atomic mass is 32.1. The number of nitrogens with two attached hydrogens (primary N) is 1. The molecule has 4 nitrogen and oxygen atoms in total. The molecule has 1 aromatic heterocycles. The fourth-order valence-electron chi connectivity index (χ4n) is 2.30. The summed E-state index contributed by atoms with van der Waals surface area (Å²) in [5.74, 6) is 0.563. The number of aromatic nitrogens is 1. The van der Waals surface area contributed by atoms with E-state index in [2.05, 4.69) is 31.1 Å². The van der Waals surface area contributed by atoms with Gasteiger partial charge in [0.2, 0.25) is 5.91 Å². The lowest BCUT2D eigenvalue weighted by atomic mass is 9.95. The fourth-order valence-corrected chi connectivity index (χ4v) is 3.21. The molecule has 0 radical (unpaired) electrons.